The van der Waals surface area contributed by atoms with Gasteiger partial charge in [-0.15, -0.1) is 0 Å². The van der Waals surface area contributed by atoms with Crippen molar-refractivity contribution in [1.29, 1.82) is 0 Å². The first kappa shape index (κ1) is 11.1. The maximum absolute atomic E-state index is 11.0. The van der Waals surface area contributed by atoms with E-state index in [4.69, 9.17) is 5.73 Å². The summed E-state index contributed by atoms with van der Waals surface area (Å²) in [4.78, 5) is 15.1. The van der Waals surface area contributed by atoms with Crippen LogP contribution in [0.5, 0.6) is 0 Å². The number of nitrogens with two attached hydrogens (primary N) is 1. The number of primary amides is 1. The fraction of sp³-hybridized carbons (Fsp3) is 0.182. The Balaban J connectivity index is 2.31. The maximum Gasteiger partial charge on any atom is 0.251 e. The van der Waals surface area contributed by atoms with Crippen LogP contribution in [-0.2, 0) is 0 Å². The van der Waals surface area contributed by atoms with Crippen LogP contribution < -0.4 is 11.1 Å². The Morgan fingerprint density at radius 3 is 3.06 bits per heavy atom. The Morgan fingerprint density at radius 2 is 2.41 bits per heavy atom. The minimum atomic E-state index is -0.489. The first-order chi connectivity index (χ1) is 8.20. The molecular weight excluding hydrogens is 218 g/mol. The van der Waals surface area contributed by atoms with E-state index in [1.165, 1.54) is 6.20 Å². The molecule has 0 aromatic carbocycles. The number of nitrogens with zero attached hydrogens (tertiary/aromatic N) is 3. The molecule has 1 amide bonds. The van der Waals surface area contributed by atoms with E-state index in [-0.39, 0.29) is 0 Å². The molecule has 0 radical (unpaired) electrons. The fourth-order valence-electron chi connectivity index (χ4n) is 1.43. The zero-order valence-corrected chi connectivity index (χ0v) is 9.42. The molecule has 0 bridgehead atoms. The molecular formula is C11H13N5O. The zero-order chi connectivity index (χ0) is 12.3. The van der Waals surface area contributed by atoms with Gasteiger partial charge in [0.05, 0.1) is 17.4 Å². The van der Waals surface area contributed by atoms with Crippen molar-refractivity contribution >= 4 is 11.7 Å². The van der Waals surface area contributed by atoms with Crippen LogP contribution >= 0.6 is 0 Å². The van der Waals surface area contributed by atoms with Crippen molar-refractivity contribution in [3.63, 3.8) is 0 Å². The second-order valence-corrected chi connectivity index (χ2v) is 3.47. The fourth-order valence-corrected chi connectivity index (χ4v) is 1.43. The van der Waals surface area contributed by atoms with Crippen molar-refractivity contribution in [2.24, 2.45) is 5.73 Å². The average molecular weight is 231 g/mol. The van der Waals surface area contributed by atoms with Crippen molar-refractivity contribution in [3.8, 4) is 5.69 Å². The van der Waals surface area contributed by atoms with E-state index in [1.54, 1.807) is 23.1 Å². The molecule has 0 atom stereocenters. The summed E-state index contributed by atoms with van der Waals surface area (Å²) in [5, 5.41) is 7.17. The number of hydrogen-bond donors (Lipinski definition) is 2. The molecule has 0 aliphatic carbocycles. The van der Waals surface area contributed by atoms with Crippen molar-refractivity contribution in [2.45, 2.75) is 6.92 Å². The average Bonchev–Trinajstić information content (AvgIpc) is 2.79. The van der Waals surface area contributed by atoms with Gasteiger partial charge >= 0.3 is 0 Å². The third-order valence-corrected chi connectivity index (χ3v) is 2.23. The molecule has 88 valence electrons. The largest absolute Gasteiger partial charge is 0.370 e. The van der Waals surface area contributed by atoms with Gasteiger partial charge < -0.3 is 11.1 Å². The number of anilines is 1. The van der Waals surface area contributed by atoms with Gasteiger partial charge in [0, 0.05) is 25.0 Å². The normalized spacial score (nSPS) is 10.2. The van der Waals surface area contributed by atoms with Crippen LogP contribution in [0.15, 0.2) is 30.7 Å². The third kappa shape index (κ3) is 2.41. The van der Waals surface area contributed by atoms with Crippen LogP contribution in [0.1, 0.15) is 17.3 Å². The number of aromatic nitrogens is 3. The second kappa shape index (κ2) is 4.65. The molecule has 2 rings (SSSR count). The van der Waals surface area contributed by atoms with Crippen LogP contribution in [-0.4, -0.2) is 27.2 Å². The van der Waals surface area contributed by atoms with Crippen molar-refractivity contribution in [2.75, 3.05) is 11.9 Å². The predicted molar refractivity (Wildman–Crippen MR) is 64.0 cm³/mol. The topological polar surface area (TPSA) is 85.8 Å². The Labute approximate surface area is 98.5 Å². The molecule has 3 N–H and O–H groups in total. The highest BCUT2D eigenvalue weighted by Gasteiger charge is 2.05. The summed E-state index contributed by atoms with van der Waals surface area (Å²) in [6.45, 7) is 2.79. The molecule has 6 nitrogen and oxygen atoms in total. The van der Waals surface area contributed by atoms with E-state index in [0.717, 1.165) is 18.1 Å². The summed E-state index contributed by atoms with van der Waals surface area (Å²) in [6.07, 6.45) is 4.71. The Kier molecular flexibility index (Phi) is 3.04. The van der Waals surface area contributed by atoms with Gasteiger partial charge in [-0.25, -0.2) is 9.67 Å². The summed E-state index contributed by atoms with van der Waals surface area (Å²) < 4.78 is 1.59. The monoisotopic (exact) mass is 231 g/mol. The summed E-state index contributed by atoms with van der Waals surface area (Å²) in [5.41, 5.74) is 6.37. The number of nitrogens with one attached hydrogen (secondary N) is 1. The number of rotatable bonds is 4. The molecule has 0 unspecified atom stereocenters. The van der Waals surface area contributed by atoms with Crippen LogP contribution in [0, 0.1) is 0 Å². The minimum Gasteiger partial charge on any atom is -0.370 e. The van der Waals surface area contributed by atoms with Gasteiger partial charge in [0.2, 0.25) is 0 Å². The smallest absolute Gasteiger partial charge is 0.251 e. The quantitative estimate of drug-likeness (QED) is 0.814. The predicted octanol–water partition coefficient (Wildman–Crippen LogP) is 0.798. The van der Waals surface area contributed by atoms with Gasteiger partial charge in [-0.3, -0.25) is 4.79 Å². The van der Waals surface area contributed by atoms with Crippen molar-refractivity contribution in [3.05, 3.63) is 36.3 Å². The maximum atomic E-state index is 11.0. The molecule has 2 aromatic heterocycles. The van der Waals surface area contributed by atoms with Crippen LogP contribution in [0.3, 0.4) is 0 Å². The Bertz CT molecular complexity index is 534. The molecule has 0 saturated heterocycles. The van der Waals surface area contributed by atoms with Gasteiger partial charge in [0.15, 0.2) is 0 Å². The number of pyridine rings is 1. The molecule has 0 aliphatic rings. The van der Waals surface area contributed by atoms with Gasteiger partial charge in [0.1, 0.15) is 5.82 Å². The summed E-state index contributed by atoms with van der Waals surface area (Å²) in [6, 6.07) is 3.65. The highest BCUT2D eigenvalue weighted by molar-refractivity contribution is 5.92. The number of hydrogen-bond acceptors (Lipinski definition) is 4. The second-order valence-electron chi connectivity index (χ2n) is 3.47. The van der Waals surface area contributed by atoms with Crippen molar-refractivity contribution < 1.29 is 4.79 Å². The first-order valence-corrected chi connectivity index (χ1v) is 5.25. The SMILES string of the molecule is CCNc1cc(-n2cc(C(N)=O)cn2)ccn1. The highest BCUT2D eigenvalue weighted by Crippen LogP contribution is 2.11. The molecule has 17 heavy (non-hydrogen) atoms. The third-order valence-electron chi connectivity index (χ3n) is 2.23. The summed E-state index contributed by atoms with van der Waals surface area (Å²) >= 11 is 0. The van der Waals surface area contributed by atoms with Crippen LogP contribution in [0.2, 0.25) is 0 Å². The van der Waals surface area contributed by atoms with Gasteiger partial charge in [-0.05, 0) is 13.0 Å². The number of amides is 1. The first-order valence-electron chi connectivity index (χ1n) is 5.25. The minimum absolute atomic E-state index is 0.381. The molecule has 0 spiro atoms. The van der Waals surface area contributed by atoms with Gasteiger partial charge in [-0.2, -0.15) is 5.10 Å². The van der Waals surface area contributed by atoms with E-state index in [9.17, 15) is 4.79 Å². The summed E-state index contributed by atoms with van der Waals surface area (Å²) in [7, 11) is 0. The molecule has 0 aliphatic heterocycles. The molecule has 0 fully saturated rings. The lowest BCUT2D eigenvalue weighted by molar-refractivity contribution is 0.100. The van der Waals surface area contributed by atoms with E-state index in [1.807, 2.05) is 13.0 Å². The standard InChI is InChI=1S/C11H13N5O/c1-2-13-10-5-9(3-4-14-10)16-7-8(6-15-16)11(12)17/h3-7H,2H2,1H3,(H2,12,17)(H,13,14). The van der Waals surface area contributed by atoms with E-state index in [2.05, 4.69) is 15.4 Å². The molecule has 0 saturated carbocycles. The van der Waals surface area contributed by atoms with Gasteiger partial charge in [0.25, 0.3) is 5.91 Å². The molecule has 6 heteroatoms. The highest BCUT2D eigenvalue weighted by atomic mass is 16.1. The lowest BCUT2D eigenvalue weighted by Gasteiger charge is -2.05. The molecule has 2 aromatic rings. The number of carbonyl (C=O) groups excluding carboxylic acids is 1. The van der Waals surface area contributed by atoms with E-state index < -0.39 is 5.91 Å². The van der Waals surface area contributed by atoms with E-state index in [0.29, 0.717) is 5.56 Å². The van der Waals surface area contributed by atoms with Crippen LogP contribution in [0.4, 0.5) is 5.82 Å². The van der Waals surface area contributed by atoms with Crippen molar-refractivity contribution in [1.82, 2.24) is 14.8 Å². The Morgan fingerprint density at radius 1 is 1.59 bits per heavy atom. The molecule has 2 heterocycles. The number of carbonyl (C=O) groups is 1. The van der Waals surface area contributed by atoms with Crippen LogP contribution in [0.25, 0.3) is 5.69 Å². The zero-order valence-electron chi connectivity index (χ0n) is 9.42. The Hall–Kier alpha value is -2.37. The lowest BCUT2D eigenvalue weighted by Crippen LogP contribution is -2.09. The summed E-state index contributed by atoms with van der Waals surface area (Å²) in [5.74, 6) is 0.276. The van der Waals surface area contributed by atoms with Gasteiger partial charge in [-0.1, -0.05) is 0 Å². The lowest BCUT2D eigenvalue weighted by atomic mass is 10.3. The van der Waals surface area contributed by atoms with E-state index >= 15 is 0 Å².